The van der Waals surface area contributed by atoms with E-state index in [1.54, 1.807) is 0 Å². The van der Waals surface area contributed by atoms with Gasteiger partial charge in [-0.2, -0.15) is 0 Å². The summed E-state index contributed by atoms with van der Waals surface area (Å²) in [6.07, 6.45) is 3.63. The van der Waals surface area contributed by atoms with Crippen molar-refractivity contribution in [3.8, 4) is 0 Å². The molecule has 7 heteroatoms. The largest absolute Gasteiger partial charge is 0.480 e. The highest BCUT2D eigenvalue weighted by Gasteiger charge is 2.42. The van der Waals surface area contributed by atoms with E-state index in [1.807, 2.05) is 0 Å². The van der Waals surface area contributed by atoms with Gasteiger partial charge in [0.2, 0.25) is 0 Å². The van der Waals surface area contributed by atoms with Crippen LogP contribution in [-0.2, 0) is 22.4 Å². The van der Waals surface area contributed by atoms with Gasteiger partial charge in [0.1, 0.15) is 11.8 Å². The van der Waals surface area contributed by atoms with Gasteiger partial charge in [-0.25, -0.2) is 4.79 Å². The Bertz CT molecular complexity index is 568. The summed E-state index contributed by atoms with van der Waals surface area (Å²) in [5, 5.41) is 13.2. The first-order valence-corrected chi connectivity index (χ1v) is 7.15. The summed E-state index contributed by atoms with van der Waals surface area (Å²) in [6.45, 7) is 0.272. The highest BCUT2D eigenvalue weighted by molar-refractivity contribution is 5.96. The van der Waals surface area contributed by atoms with Crippen LogP contribution in [0.5, 0.6) is 0 Å². The number of aliphatic carboxylic acids is 1. The van der Waals surface area contributed by atoms with Gasteiger partial charge < -0.3 is 19.3 Å². The Morgan fingerprint density at radius 2 is 2.14 bits per heavy atom. The Morgan fingerprint density at radius 1 is 1.38 bits per heavy atom. The maximum absolute atomic E-state index is 12.6. The van der Waals surface area contributed by atoms with Crippen LogP contribution < -0.4 is 0 Å². The van der Waals surface area contributed by atoms with E-state index in [4.69, 9.17) is 9.26 Å². The van der Waals surface area contributed by atoms with Crippen molar-refractivity contribution in [1.82, 2.24) is 10.1 Å². The van der Waals surface area contributed by atoms with E-state index < -0.39 is 12.0 Å². The van der Waals surface area contributed by atoms with Gasteiger partial charge in [0, 0.05) is 32.1 Å². The summed E-state index contributed by atoms with van der Waals surface area (Å²) < 4.78 is 10.4. The highest BCUT2D eigenvalue weighted by Crippen LogP contribution is 2.28. The summed E-state index contributed by atoms with van der Waals surface area (Å²) in [5.74, 6) is -0.618. The first kappa shape index (κ1) is 14.1. The van der Waals surface area contributed by atoms with Gasteiger partial charge in [-0.1, -0.05) is 5.16 Å². The molecule has 0 aromatic carbocycles. The average molecular weight is 294 g/mol. The standard InChI is InChI=1S/C14H18N2O5/c1-20-8-6-10(14(18)19)16(7-8)13(17)12-9-4-2-3-5-11(9)21-15-12/h8,10H,2-7H2,1H3,(H,18,19). The molecular formula is C14H18N2O5. The molecule has 114 valence electrons. The number of ether oxygens (including phenoxy) is 1. The molecule has 1 aromatic heterocycles. The zero-order valence-corrected chi connectivity index (χ0v) is 11.9. The number of rotatable bonds is 3. The third kappa shape index (κ3) is 2.42. The third-order valence-electron chi connectivity index (χ3n) is 4.29. The number of amides is 1. The molecule has 1 saturated heterocycles. The number of carboxylic acids is 1. The van der Waals surface area contributed by atoms with E-state index in [9.17, 15) is 14.7 Å². The van der Waals surface area contributed by atoms with Crippen molar-refractivity contribution < 1.29 is 24.0 Å². The van der Waals surface area contributed by atoms with Crippen molar-refractivity contribution >= 4 is 11.9 Å². The van der Waals surface area contributed by atoms with Crippen LogP contribution in [0.15, 0.2) is 4.52 Å². The second-order valence-corrected chi connectivity index (χ2v) is 5.54. The van der Waals surface area contributed by atoms with Gasteiger partial charge >= 0.3 is 5.97 Å². The SMILES string of the molecule is COC1CC(C(=O)O)N(C(=O)c2noc3c2CCCC3)C1. The van der Waals surface area contributed by atoms with Gasteiger partial charge in [-0.3, -0.25) is 4.79 Å². The van der Waals surface area contributed by atoms with E-state index in [2.05, 4.69) is 5.16 Å². The number of methoxy groups -OCH3 is 1. The number of nitrogens with zero attached hydrogens (tertiary/aromatic N) is 2. The molecule has 0 spiro atoms. The molecule has 0 saturated carbocycles. The number of carbonyl (C=O) groups is 2. The maximum atomic E-state index is 12.6. The lowest BCUT2D eigenvalue weighted by Crippen LogP contribution is -2.41. The van der Waals surface area contributed by atoms with Crippen LogP contribution in [0.3, 0.4) is 0 Å². The number of likely N-dealkylation sites (tertiary alicyclic amines) is 1. The number of carboxylic acid groups (broad SMARTS) is 1. The van der Waals surface area contributed by atoms with Crippen LogP contribution in [-0.4, -0.2) is 52.8 Å². The Labute approximate surface area is 121 Å². The van der Waals surface area contributed by atoms with Crippen LogP contribution in [0, 0.1) is 0 Å². The number of hydrogen-bond donors (Lipinski definition) is 1. The van der Waals surface area contributed by atoms with E-state index in [0.717, 1.165) is 37.0 Å². The van der Waals surface area contributed by atoms with Crippen LogP contribution in [0.4, 0.5) is 0 Å². The maximum Gasteiger partial charge on any atom is 0.326 e. The molecule has 0 radical (unpaired) electrons. The van der Waals surface area contributed by atoms with Crippen molar-refractivity contribution in [2.45, 2.75) is 44.2 Å². The zero-order valence-electron chi connectivity index (χ0n) is 11.9. The van der Waals surface area contributed by atoms with Crippen molar-refractivity contribution in [3.63, 3.8) is 0 Å². The zero-order chi connectivity index (χ0) is 15.0. The summed E-state index contributed by atoms with van der Waals surface area (Å²) in [6, 6.07) is -0.863. The van der Waals surface area contributed by atoms with Crippen molar-refractivity contribution in [3.05, 3.63) is 17.0 Å². The molecule has 7 nitrogen and oxygen atoms in total. The summed E-state index contributed by atoms with van der Waals surface area (Å²) in [5.41, 5.74) is 1.11. The predicted molar refractivity (Wildman–Crippen MR) is 71.0 cm³/mol. The molecule has 1 fully saturated rings. The quantitative estimate of drug-likeness (QED) is 0.889. The predicted octanol–water partition coefficient (Wildman–Crippen LogP) is 0.867. The van der Waals surface area contributed by atoms with Gasteiger partial charge in [-0.05, 0) is 19.3 Å². The smallest absolute Gasteiger partial charge is 0.326 e. The third-order valence-corrected chi connectivity index (χ3v) is 4.29. The van der Waals surface area contributed by atoms with E-state index in [0.29, 0.717) is 6.42 Å². The van der Waals surface area contributed by atoms with E-state index >= 15 is 0 Å². The lowest BCUT2D eigenvalue weighted by Gasteiger charge is -2.20. The molecule has 0 bridgehead atoms. The fourth-order valence-corrected chi connectivity index (χ4v) is 3.12. The molecule has 1 aliphatic heterocycles. The van der Waals surface area contributed by atoms with E-state index in [-0.39, 0.29) is 24.2 Å². The number of hydrogen-bond acceptors (Lipinski definition) is 5. The van der Waals surface area contributed by atoms with Gasteiger partial charge in [0.25, 0.3) is 5.91 Å². The number of aromatic nitrogens is 1. The molecule has 2 aliphatic rings. The molecule has 1 N–H and O–H groups in total. The molecule has 1 amide bonds. The van der Waals surface area contributed by atoms with Gasteiger partial charge in [0.15, 0.2) is 5.69 Å². The lowest BCUT2D eigenvalue weighted by molar-refractivity contribution is -0.141. The molecule has 1 aliphatic carbocycles. The van der Waals surface area contributed by atoms with Crippen LogP contribution in [0.2, 0.25) is 0 Å². The Morgan fingerprint density at radius 3 is 2.86 bits per heavy atom. The molecule has 2 heterocycles. The number of aryl methyl sites for hydroxylation is 1. The fourth-order valence-electron chi connectivity index (χ4n) is 3.12. The number of fused-ring (bicyclic) bond motifs is 1. The Balaban J connectivity index is 1.87. The van der Waals surface area contributed by atoms with Crippen LogP contribution in [0.25, 0.3) is 0 Å². The molecular weight excluding hydrogens is 276 g/mol. The molecule has 3 rings (SSSR count). The first-order chi connectivity index (χ1) is 10.1. The normalized spacial score (nSPS) is 24.9. The van der Waals surface area contributed by atoms with Crippen LogP contribution >= 0.6 is 0 Å². The summed E-state index contributed by atoms with van der Waals surface area (Å²) in [7, 11) is 1.52. The second-order valence-electron chi connectivity index (χ2n) is 5.54. The second kappa shape index (κ2) is 5.48. The number of carbonyl (C=O) groups excluding carboxylic acids is 1. The summed E-state index contributed by atoms with van der Waals surface area (Å²) in [4.78, 5) is 25.3. The topological polar surface area (TPSA) is 92.9 Å². The average Bonchev–Trinajstić information content (AvgIpc) is 3.10. The monoisotopic (exact) mass is 294 g/mol. The molecule has 1 aromatic rings. The fraction of sp³-hybridized carbons (Fsp3) is 0.643. The highest BCUT2D eigenvalue weighted by atomic mass is 16.5. The minimum absolute atomic E-state index is 0.252. The van der Waals surface area contributed by atoms with Crippen molar-refractivity contribution in [1.29, 1.82) is 0 Å². The van der Waals surface area contributed by atoms with Gasteiger partial charge in [0.05, 0.1) is 6.10 Å². The van der Waals surface area contributed by atoms with Crippen LogP contribution in [0.1, 0.15) is 41.1 Å². The minimum Gasteiger partial charge on any atom is -0.480 e. The molecule has 21 heavy (non-hydrogen) atoms. The molecule has 2 unspecified atom stereocenters. The first-order valence-electron chi connectivity index (χ1n) is 7.15. The minimum atomic E-state index is -1.01. The van der Waals surface area contributed by atoms with Crippen molar-refractivity contribution in [2.24, 2.45) is 0 Å². The molecule has 2 atom stereocenters. The Hall–Kier alpha value is -1.89. The van der Waals surface area contributed by atoms with Gasteiger partial charge in [-0.15, -0.1) is 0 Å². The van der Waals surface area contributed by atoms with E-state index in [1.165, 1.54) is 12.0 Å². The lowest BCUT2D eigenvalue weighted by atomic mass is 9.96. The van der Waals surface area contributed by atoms with Crippen molar-refractivity contribution in [2.75, 3.05) is 13.7 Å². The summed E-state index contributed by atoms with van der Waals surface area (Å²) >= 11 is 0. The Kier molecular flexibility index (Phi) is 3.67.